The number of sulfonamides is 1. The lowest BCUT2D eigenvalue weighted by Gasteiger charge is -2.36. The van der Waals surface area contributed by atoms with Crippen molar-refractivity contribution >= 4 is 21.8 Å². The predicted octanol–water partition coefficient (Wildman–Crippen LogP) is 0.571. The standard InChI is InChI=1S/C21H30N4O4S/c1-16-4-8-18(9-5-16)30(28,29)25-10-2-3-19(25)21(27)24-13-11-23(12-14-24)15-20(26)22-17-6-7-17/h4-5,8-9,17,19H,2-3,6-7,10-15H2,1H3,(H,22,26)/t19-/m0/s1. The molecule has 1 N–H and O–H groups in total. The zero-order valence-corrected chi connectivity index (χ0v) is 18.2. The number of carbonyl (C=O) groups is 2. The molecular weight excluding hydrogens is 404 g/mol. The minimum Gasteiger partial charge on any atom is -0.352 e. The van der Waals surface area contributed by atoms with Gasteiger partial charge in [-0.1, -0.05) is 17.7 Å². The van der Waals surface area contributed by atoms with Gasteiger partial charge in [0.1, 0.15) is 6.04 Å². The van der Waals surface area contributed by atoms with E-state index in [1.54, 1.807) is 29.2 Å². The number of piperazine rings is 1. The summed E-state index contributed by atoms with van der Waals surface area (Å²) >= 11 is 0. The number of amides is 2. The number of benzene rings is 1. The van der Waals surface area contributed by atoms with Crippen LogP contribution in [0.2, 0.25) is 0 Å². The Hall–Kier alpha value is -1.97. The van der Waals surface area contributed by atoms with Gasteiger partial charge < -0.3 is 10.2 Å². The van der Waals surface area contributed by atoms with Crippen LogP contribution in [0.5, 0.6) is 0 Å². The lowest BCUT2D eigenvalue weighted by molar-refractivity contribution is -0.136. The summed E-state index contributed by atoms with van der Waals surface area (Å²) in [5.74, 6) is -0.0753. The third kappa shape index (κ3) is 4.68. The second-order valence-electron chi connectivity index (χ2n) is 8.53. The van der Waals surface area contributed by atoms with E-state index in [0.29, 0.717) is 58.2 Å². The molecule has 1 saturated carbocycles. The van der Waals surface area contributed by atoms with Gasteiger partial charge in [0, 0.05) is 38.8 Å². The zero-order valence-electron chi connectivity index (χ0n) is 17.4. The summed E-state index contributed by atoms with van der Waals surface area (Å²) in [4.78, 5) is 29.2. The number of nitrogens with one attached hydrogen (secondary N) is 1. The van der Waals surface area contributed by atoms with Gasteiger partial charge in [-0.15, -0.1) is 0 Å². The first-order chi connectivity index (χ1) is 14.3. The highest BCUT2D eigenvalue weighted by Crippen LogP contribution is 2.28. The smallest absolute Gasteiger partial charge is 0.243 e. The van der Waals surface area contributed by atoms with Crippen LogP contribution in [0.3, 0.4) is 0 Å². The quantitative estimate of drug-likeness (QED) is 0.707. The lowest BCUT2D eigenvalue weighted by Crippen LogP contribution is -2.55. The molecule has 1 aromatic carbocycles. The van der Waals surface area contributed by atoms with Crippen LogP contribution in [0.4, 0.5) is 0 Å². The molecular formula is C21H30N4O4S. The van der Waals surface area contributed by atoms with Crippen molar-refractivity contribution in [2.45, 2.75) is 49.6 Å². The maximum absolute atomic E-state index is 13.1. The molecule has 2 aliphatic heterocycles. The van der Waals surface area contributed by atoms with Gasteiger partial charge >= 0.3 is 0 Å². The number of hydrogen-bond donors (Lipinski definition) is 1. The summed E-state index contributed by atoms with van der Waals surface area (Å²) in [6.07, 6.45) is 3.37. The summed E-state index contributed by atoms with van der Waals surface area (Å²) in [5, 5.41) is 2.99. The molecule has 0 radical (unpaired) electrons. The fourth-order valence-corrected chi connectivity index (χ4v) is 5.81. The molecule has 2 saturated heterocycles. The van der Waals surface area contributed by atoms with Crippen molar-refractivity contribution in [3.8, 4) is 0 Å². The van der Waals surface area contributed by atoms with Crippen LogP contribution in [0.15, 0.2) is 29.2 Å². The van der Waals surface area contributed by atoms with Gasteiger partial charge in [0.2, 0.25) is 21.8 Å². The summed E-state index contributed by atoms with van der Waals surface area (Å²) in [6.45, 7) is 4.93. The van der Waals surface area contributed by atoms with E-state index in [-0.39, 0.29) is 16.7 Å². The molecule has 4 rings (SSSR count). The molecule has 0 aromatic heterocycles. The van der Waals surface area contributed by atoms with E-state index in [4.69, 9.17) is 0 Å². The van der Waals surface area contributed by atoms with Crippen molar-refractivity contribution in [1.82, 2.24) is 19.4 Å². The summed E-state index contributed by atoms with van der Waals surface area (Å²) < 4.78 is 27.6. The first-order valence-electron chi connectivity index (χ1n) is 10.7. The van der Waals surface area contributed by atoms with Crippen LogP contribution in [-0.2, 0) is 19.6 Å². The summed E-state index contributed by atoms with van der Waals surface area (Å²) in [5.41, 5.74) is 0.992. The van der Waals surface area contributed by atoms with Crippen LogP contribution in [-0.4, -0.2) is 85.7 Å². The van der Waals surface area contributed by atoms with Gasteiger partial charge in [-0.05, 0) is 44.7 Å². The maximum atomic E-state index is 13.1. The molecule has 164 valence electrons. The van der Waals surface area contributed by atoms with Gasteiger partial charge in [-0.25, -0.2) is 8.42 Å². The fraction of sp³-hybridized carbons (Fsp3) is 0.619. The third-order valence-electron chi connectivity index (χ3n) is 6.11. The van der Waals surface area contributed by atoms with Crippen molar-refractivity contribution in [3.63, 3.8) is 0 Å². The second-order valence-corrected chi connectivity index (χ2v) is 10.4. The van der Waals surface area contributed by atoms with Gasteiger partial charge in [-0.2, -0.15) is 4.31 Å². The fourth-order valence-electron chi connectivity index (χ4n) is 4.16. The topological polar surface area (TPSA) is 90.0 Å². The SMILES string of the molecule is Cc1ccc(S(=O)(=O)N2CCC[C@H]2C(=O)N2CCN(CC(=O)NC3CC3)CC2)cc1. The Morgan fingerprint density at radius 1 is 1.00 bits per heavy atom. The monoisotopic (exact) mass is 434 g/mol. The molecule has 1 aromatic rings. The molecule has 8 nitrogen and oxygen atoms in total. The largest absolute Gasteiger partial charge is 0.352 e. The van der Waals surface area contributed by atoms with Crippen LogP contribution in [0, 0.1) is 6.92 Å². The van der Waals surface area contributed by atoms with E-state index in [9.17, 15) is 18.0 Å². The Balaban J connectivity index is 1.35. The average molecular weight is 435 g/mol. The Morgan fingerprint density at radius 2 is 1.67 bits per heavy atom. The highest BCUT2D eigenvalue weighted by Gasteiger charge is 2.41. The van der Waals surface area contributed by atoms with Crippen molar-refractivity contribution in [2.24, 2.45) is 0 Å². The number of aryl methyl sites for hydroxylation is 1. The molecule has 30 heavy (non-hydrogen) atoms. The number of hydrogen-bond acceptors (Lipinski definition) is 5. The minimum absolute atomic E-state index is 0.0448. The Labute approximate surface area is 178 Å². The van der Waals surface area contributed by atoms with Crippen LogP contribution < -0.4 is 5.32 Å². The van der Waals surface area contributed by atoms with Crippen LogP contribution >= 0.6 is 0 Å². The van der Waals surface area contributed by atoms with E-state index in [1.807, 2.05) is 6.92 Å². The number of rotatable bonds is 6. The molecule has 9 heteroatoms. The molecule has 2 heterocycles. The summed E-state index contributed by atoms with van der Waals surface area (Å²) in [6, 6.07) is 6.48. The van der Waals surface area contributed by atoms with E-state index >= 15 is 0 Å². The Morgan fingerprint density at radius 3 is 2.30 bits per heavy atom. The summed E-state index contributed by atoms with van der Waals surface area (Å²) in [7, 11) is -3.70. The molecule has 1 atom stereocenters. The molecule has 2 amide bonds. The number of nitrogens with zero attached hydrogens (tertiary/aromatic N) is 3. The highest BCUT2D eigenvalue weighted by atomic mass is 32.2. The van der Waals surface area contributed by atoms with Crippen molar-refractivity contribution in [2.75, 3.05) is 39.3 Å². The van der Waals surface area contributed by atoms with E-state index in [2.05, 4.69) is 10.2 Å². The zero-order chi connectivity index (χ0) is 21.3. The molecule has 0 unspecified atom stereocenters. The molecule has 3 fully saturated rings. The first kappa shape index (κ1) is 21.3. The van der Waals surface area contributed by atoms with Crippen molar-refractivity contribution in [3.05, 3.63) is 29.8 Å². The molecule has 3 aliphatic rings. The normalized spacial score (nSPS) is 23.5. The molecule has 0 spiro atoms. The van der Waals surface area contributed by atoms with Gasteiger partial charge in [0.05, 0.1) is 11.4 Å². The number of carbonyl (C=O) groups excluding carboxylic acids is 2. The van der Waals surface area contributed by atoms with Crippen molar-refractivity contribution < 1.29 is 18.0 Å². The highest BCUT2D eigenvalue weighted by molar-refractivity contribution is 7.89. The van der Waals surface area contributed by atoms with Gasteiger partial charge in [0.15, 0.2) is 0 Å². The molecule has 0 bridgehead atoms. The van der Waals surface area contributed by atoms with E-state index in [0.717, 1.165) is 18.4 Å². The Kier molecular flexibility index (Phi) is 6.13. The third-order valence-corrected chi connectivity index (χ3v) is 8.03. The first-order valence-corrected chi connectivity index (χ1v) is 12.2. The maximum Gasteiger partial charge on any atom is 0.243 e. The second kappa shape index (κ2) is 8.64. The minimum atomic E-state index is -3.70. The average Bonchev–Trinajstić information content (AvgIpc) is 3.38. The Bertz CT molecular complexity index is 890. The van der Waals surface area contributed by atoms with Crippen molar-refractivity contribution in [1.29, 1.82) is 0 Å². The predicted molar refractivity (Wildman–Crippen MR) is 112 cm³/mol. The van der Waals surface area contributed by atoms with Gasteiger partial charge in [0.25, 0.3) is 0 Å². The lowest BCUT2D eigenvalue weighted by atomic mass is 10.2. The molecule has 1 aliphatic carbocycles. The van der Waals surface area contributed by atoms with Gasteiger partial charge in [-0.3, -0.25) is 14.5 Å². The van der Waals surface area contributed by atoms with E-state index in [1.165, 1.54) is 4.31 Å². The van der Waals surface area contributed by atoms with Crippen LogP contribution in [0.1, 0.15) is 31.2 Å². The van der Waals surface area contributed by atoms with Crippen LogP contribution in [0.25, 0.3) is 0 Å². The van der Waals surface area contributed by atoms with E-state index < -0.39 is 16.1 Å².